The lowest BCUT2D eigenvalue weighted by molar-refractivity contribution is -0.119. The predicted molar refractivity (Wildman–Crippen MR) is 157 cm³/mol. The van der Waals surface area contributed by atoms with Gasteiger partial charge < -0.3 is 33.7 Å². The van der Waals surface area contributed by atoms with Crippen LogP contribution < -0.4 is 5.32 Å². The maximum Gasteiger partial charge on any atom is 0.410 e. The Morgan fingerprint density at radius 2 is 2.00 bits per heavy atom. The summed E-state index contributed by atoms with van der Waals surface area (Å²) in [4.78, 5) is 33.2. The zero-order valence-electron chi connectivity index (χ0n) is 24.9. The Labute approximate surface area is 251 Å². The molecule has 0 unspecified atom stereocenters. The maximum atomic E-state index is 13.4. The summed E-state index contributed by atoms with van der Waals surface area (Å²) < 4.78 is 34.0. The van der Waals surface area contributed by atoms with Gasteiger partial charge in [-0.25, -0.2) is 9.59 Å². The summed E-state index contributed by atoms with van der Waals surface area (Å²) >= 11 is 1.57. The van der Waals surface area contributed by atoms with Crippen LogP contribution in [0.5, 0.6) is 0 Å². The summed E-state index contributed by atoms with van der Waals surface area (Å²) in [5, 5.41) is 2.85. The Bertz CT molecular complexity index is 1100. The lowest BCUT2D eigenvalue weighted by Gasteiger charge is -2.30. The molecule has 2 fully saturated rings. The average molecular weight is 606 g/mol. The molecule has 2 saturated heterocycles. The maximum absolute atomic E-state index is 13.4. The summed E-state index contributed by atoms with van der Waals surface area (Å²) in [6, 6.07) is 7.57. The molecule has 1 N–H and O–H groups in total. The first-order chi connectivity index (χ1) is 20.2. The van der Waals surface area contributed by atoms with Gasteiger partial charge in [-0.1, -0.05) is 24.3 Å². The van der Waals surface area contributed by atoms with Crippen LogP contribution in [0.4, 0.5) is 9.59 Å². The molecule has 0 saturated carbocycles. The molecular weight excluding hydrogens is 562 g/mol. The van der Waals surface area contributed by atoms with Gasteiger partial charge in [-0.05, 0) is 57.6 Å². The van der Waals surface area contributed by atoms with Crippen LogP contribution in [0, 0.1) is 0 Å². The first-order valence-corrected chi connectivity index (χ1v) is 15.3. The molecule has 1 aromatic carbocycles. The molecule has 12 heteroatoms. The topological polar surface area (TPSA) is 118 Å². The largest absolute Gasteiger partial charge is 0.444 e. The standard InChI is InChI=1S/C30H43N3O8S/c1-30(2,3)41-29(35)33-18-25(39-20-37-15-14-36-4)27(40-28(34)32-12-11-23-6-5-13-38-23)24(33)16-21-7-9-22(10-8-21)26-17-31-19-42-26/h7-10,17,19,23-25,27H,5-6,11-16,18,20H2,1-4H3,(H,32,34)/t23-,24-,25+,27+/m1/s1. The molecule has 2 aliphatic rings. The molecule has 4 atom stereocenters. The van der Waals surface area contributed by atoms with Gasteiger partial charge in [0.15, 0.2) is 6.10 Å². The van der Waals surface area contributed by atoms with Crippen LogP contribution in [0.2, 0.25) is 0 Å². The van der Waals surface area contributed by atoms with Gasteiger partial charge >= 0.3 is 12.2 Å². The quantitative estimate of drug-likeness (QED) is 0.257. The molecule has 2 amide bonds. The summed E-state index contributed by atoms with van der Waals surface area (Å²) in [5.74, 6) is 0. The van der Waals surface area contributed by atoms with Gasteiger partial charge in [0, 0.05) is 26.5 Å². The fourth-order valence-electron chi connectivity index (χ4n) is 5.03. The summed E-state index contributed by atoms with van der Waals surface area (Å²) in [6.07, 6.45) is 2.73. The van der Waals surface area contributed by atoms with E-state index in [1.165, 1.54) is 0 Å². The Balaban J connectivity index is 1.51. The van der Waals surface area contributed by atoms with E-state index in [1.807, 2.05) is 51.2 Å². The molecule has 0 radical (unpaired) electrons. The van der Waals surface area contributed by atoms with Crippen LogP contribution in [-0.2, 0) is 34.8 Å². The Kier molecular flexibility index (Phi) is 12.0. The van der Waals surface area contributed by atoms with E-state index in [4.69, 9.17) is 28.4 Å². The fraction of sp³-hybridized carbons (Fsp3) is 0.633. The molecule has 11 nitrogen and oxygen atoms in total. The monoisotopic (exact) mass is 605 g/mol. The van der Waals surface area contributed by atoms with Crippen molar-refractivity contribution in [1.29, 1.82) is 0 Å². The molecule has 42 heavy (non-hydrogen) atoms. The van der Waals surface area contributed by atoms with Crippen LogP contribution in [-0.4, -0.2) is 98.8 Å². The van der Waals surface area contributed by atoms with E-state index in [-0.39, 0.29) is 19.4 Å². The number of benzene rings is 1. The van der Waals surface area contributed by atoms with Crippen molar-refractivity contribution in [2.75, 3.05) is 46.8 Å². The average Bonchev–Trinajstić information content (AvgIpc) is 3.72. The van der Waals surface area contributed by atoms with E-state index in [9.17, 15) is 9.59 Å². The highest BCUT2D eigenvalue weighted by molar-refractivity contribution is 7.13. The smallest absolute Gasteiger partial charge is 0.410 e. The molecule has 232 valence electrons. The van der Waals surface area contributed by atoms with Gasteiger partial charge in [-0.15, -0.1) is 11.3 Å². The van der Waals surface area contributed by atoms with Crippen LogP contribution in [0.15, 0.2) is 36.0 Å². The molecule has 0 spiro atoms. The molecular formula is C30H43N3O8S. The van der Waals surface area contributed by atoms with E-state index in [1.54, 1.807) is 28.9 Å². The Morgan fingerprint density at radius 1 is 1.19 bits per heavy atom. The lowest BCUT2D eigenvalue weighted by atomic mass is 9.99. The van der Waals surface area contributed by atoms with E-state index in [0.29, 0.717) is 32.6 Å². The van der Waals surface area contributed by atoms with Gasteiger partial charge in [-0.3, -0.25) is 9.88 Å². The van der Waals surface area contributed by atoms with Gasteiger partial charge in [0.25, 0.3) is 0 Å². The number of rotatable bonds is 13. The highest BCUT2D eigenvalue weighted by Gasteiger charge is 2.48. The summed E-state index contributed by atoms with van der Waals surface area (Å²) in [5.41, 5.74) is 3.14. The second kappa shape index (κ2) is 15.6. The van der Waals surface area contributed by atoms with Crippen molar-refractivity contribution in [3.8, 4) is 10.4 Å². The Morgan fingerprint density at radius 3 is 2.67 bits per heavy atom. The van der Waals surface area contributed by atoms with Crippen molar-refractivity contribution in [2.24, 2.45) is 0 Å². The first kappa shape index (κ1) is 32.2. The number of likely N-dealkylation sites (tertiary alicyclic amines) is 1. The minimum Gasteiger partial charge on any atom is -0.444 e. The summed E-state index contributed by atoms with van der Waals surface area (Å²) in [7, 11) is 1.59. The number of amides is 2. The summed E-state index contributed by atoms with van der Waals surface area (Å²) in [6.45, 7) is 7.57. The van der Waals surface area contributed by atoms with E-state index < -0.39 is 36.0 Å². The van der Waals surface area contributed by atoms with Crippen molar-refractivity contribution in [3.05, 3.63) is 41.5 Å². The predicted octanol–water partition coefficient (Wildman–Crippen LogP) is 4.64. The van der Waals surface area contributed by atoms with Gasteiger partial charge in [-0.2, -0.15) is 0 Å². The van der Waals surface area contributed by atoms with Crippen LogP contribution >= 0.6 is 11.3 Å². The number of nitrogens with one attached hydrogen (secondary N) is 1. The molecule has 3 heterocycles. The highest BCUT2D eigenvalue weighted by atomic mass is 32.1. The minimum absolute atomic E-state index is 0.0348. The third-order valence-corrected chi connectivity index (χ3v) is 7.89. The van der Waals surface area contributed by atoms with Gasteiger partial charge in [0.1, 0.15) is 18.5 Å². The lowest BCUT2D eigenvalue weighted by Crippen LogP contribution is -2.46. The minimum atomic E-state index is -0.757. The molecule has 2 aliphatic heterocycles. The van der Waals surface area contributed by atoms with Crippen molar-refractivity contribution >= 4 is 23.5 Å². The number of hydrogen-bond acceptors (Lipinski definition) is 10. The molecule has 4 rings (SSSR count). The van der Waals surface area contributed by atoms with Crippen LogP contribution in [0.25, 0.3) is 10.4 Å². The van der Waals surface area contributed by atoms with E-state index in [0.717, 1.165) is 35.5 Å². The second-order valence-corrected chi connectivity index (χ2v) is 12.3. The number of nitrogens with zero attached hydrogens (tertiary/aromatic N) is 2. The molecule has 2 aromatic rings. The molecule has 0 bridgehead atoms. The third kappa shape index (κ3) is 9.63. The third-order valence-electron chi connectivity index (χ3n) is 7.07. The van der Waals surface area contributed by atoms with Crippen LogP contribution in [0.1, 0.15) is 45.6 Å². The number of hydrogen-bond donors (Lipinski definition) is 1. The number of aromatic nitrogens is 1. The van der Waals surface area contributed by atoms with E-state index in [2.05, 4.69) is 10.3 Å². The number of carbonyl (C=O) groups is 2. The van der Waals surface area contributed by atoms with Crippen molar-refractivity contribution in [1.82, 2.24) is 15.2 Å². The number of ether oxygens (including phenoxy) is 6. The first-order valence-electron chi connectivity index (χ1n) is 14.5. The number of carbonyl (C=O) groups excluding carboxylic acids is 2. The molecule has 1 aromatic heterocycles. The van der Waals surface area contributed by atoms with Crippen molar-refractivity contribution in [2.45, 2.75) is 76.4 Å². The number of methoxy groups -OCH3 is 1. The number of alkyl carbamates (subject to hydrolysis) is 1. The Hall–Kier alpha value is -2.77. The van der Waals surface area contributed by atoms with Crippen LogP contribution in [0.3, 0.4) is 0 Å². The van der Waals surface area contributed by atoms with Gasteiger partial charge in [0.05, 0.1) is 42.3 Å². The molecule has 0 aliphatic carbocycles. The second-order valence-electron chi connectivity index (χ2n) is 11.4. The van der Waals surface area contributed by atoms with Gasteiger partial charge in [0.2, 0.25) is 0 Å². The SMILES string of the molecule is COCCOCO[C@H]1CN(C(=O)OC(C)(C)C)[C@H](Cc2ccc(-c3cncs3)cc2)[C@@H]1OC(=O)NCC[C@H]1CCCO1. The van der Waals surface area contributed by atoms with Crippen molar-refractivity contribution in [3.63, 3.8) is 0 Å². The number of thiazole rings is 1. The highest BCUT2D eigenvalue weighted by Crippen LogP contribution is 2.30. The van der Waals surface area contributed by atoms with Crippen molar-refractivity contribution < 1.29 is 38.0 Å². The van der Waals surface area contributed by atoms with E-state index >= 15 is 0 Å². The fourth-order valence-corrected chi connectivity index (χ4v) is 5.66. The normalized spacial score (nSPS) is 22.3. The zero-order valence-corrected chi connectivity index (χ0v) is 25.7. The zero-order chi connectivity index (χ0) is 30.0.